The zero-order chi connectivity index (χ0) is 11.4. The minimum Gasteiger partial charge on any atom is -0.459 e. The molecule has 1 aliphatic rings. The fraction of sp³-hybridized carbons (Fsp3) is 0.583. The Hall–Kier alpha value is -1.00. The van der Waals surface area contributed by atoms with E-state index in [1.165, 1.54) is 0 Å². The molecule has 0 unspecified atom stereocenters. The van der Waals surface area contributed by atoms with Crippen molar-refractivity contribution in [1.82, 2.24) is 10.2 Å². The zero-order valence-electron chi connectivity index (χ0n) is 10.0. The summed E-state index contributed by atoms with van der Waals surface area (Å²) in [5, 5.41) is 3.19. The first-order valence-electron chi connectivity index (χ1n) is 5.78. The molecule has 0 atom stereocenters. The van der Waals surface area contributed by atoms with Crippen LogP contribution in [0.5, 0.6) is 0 Å². The van der Waals surface area contributed by atoms with Crippen molar-refractivity contribution in [1.29, 1.82) is 0 Å². The lowest BCUT2D eigenvalue weighted by Gasteiger charge is -2.31. The summed E-state index contributed by atoms with van der Waals surface area (Å²) in [4.78, 5) is 13.8. The molecule has 1 aromatic heterocycles. The van der Waals surface area contributed by atoms with Crippen LogP contribution in [-0.2, 0) is 0 Å². The van der Waals surface area contributed by atoms with E-state index < -0.39 is 0 Å². The maximum atomic E-state index is 11.9. The van der Waals surface area contributed by atoms with Crippen molar-refractivity contribution >= 4 is 18.3 Å². The number of piperidine rings is 1. The second-order valence-electron chi connectivity index (χ2n) is 4.27. The molecule has 0 saturated carbocycles. The van der Waals surface area contributed by atoms with Crippen molar-refractivity contribution in [2.75, 3.05) is 26.7 Å². The summed E-state index contributed by atoms with van der Waals surface area (Å²) in [5.41, 5.74) is 0. The monoisotopic (exact) mass is 258 g/mol. The first-order valence-corrected chi connectivity index (χ1v) is 5.78. The van der Waals surface area contributed by atoms with Crippen molar-refractivity contribution in [2.45, 2.75) is 12.8 Å². The summed E-state index contributed by atoms with van der Waals surface area (Å²) in [5.74, 6) is 1.17. The van der Waals surface area contributed by atoms with E-state index in [1.807, 2.05) is 11.9 Å². The second kappa shape index (κ2) is 6.67. The van der Waals surface area contributed by atoms with E-state index >= 15 is 0 Å². The zero-order valence-corrected chi connectivity index (χ0v) is 10.8. The third-order valence-electron chi connectivity index (χ3n) is 3.13. The van der Waals surface area contributed by atoms with Gasteiger partial charge in [0.25, 0.3) is 5.91 Å². The average Bonchev–Trinajstić information content (AvgIpc) is 2.83. The normalized spacial score (nSPS) is 16.6. The van der Waals surface area contributed by atoms with Crippen molar-refractivity contribution in [2.24, 2.45) is 5.92 Å². The van der Waals surface area contributed by atoms with Crippen LogP contribution in [0.1, 0.15) is 23.4 Å². The summed E-state index contributed by atoms with van der Waals surface area (Å²) >= 11 is 0. The maximum Gasteiger partial charge on any atom is 0.289 e. The van der Waals surface area contributed by atoms with Gasteiger partial charge >= 0.3 is 0 Å². The van der Waals surface area contributed by atoms with E-state index in [0.717, 1.165) is 32.5 Å². The van der Waals surface area contributed by atoms with Gasteiger partial charge in [0.15, 0.2) is 5.76 Å². The van der Waals surface area contributed by atoms with Gasteiger partial charge in [-0.05, 0) is 44.5 Å². The van der Waals surface area contributed by atoms with E-state index in [0.29, 0.717) is 11.7 Å². The van der Waals surface area contributed by atoms with Gasteiger partial charge in [-0.25, -0.2) is 0 Å². The van der Waals surface area contributed by atoms with Crippen LogP contribution in [0.25, 0.3) is 0 Å². The van der Waals surface area contributed by atoms with Crippen LogP contribution in [0, 0.1) is 5.92 Å². The molecular formula is C12H19ClN2O2. The third kappa shape index (κ3) is 3.48. The van der Waals surface area contributed by atoms with Crippen molar-refractivity contribution in [3.05, 3.63) is 24.2 Å². The Balaban J connectivity index is 0.00000144. The first-order chi connectivity index (χ1) is 7.81. The molecule has 1 aromatic rings. The van der Waals surface area contributed by atoms with Crippen molar-refractivity contribution < 1.29 is 9.21 Å². The largest absolute Gasteiger partial charge is 0.459 e. The first kappa shape index (κ1) is 14.1. The van der Waals surface area contributed by atoms with Crippen LogP contribution in [0.2, 0.25) is 0 Å². The lowest BCUT2D eigenvalue weighted by molar-refractivity contribution is 0.0659. The number of nitrogens with one attached hydrogen (secondary N) is 1. The second-order valence-corrected chi connectivity index (χ2v) is 4.27. The molecule has 2 rings (SSSR count). The molecule has 1 N–H and O–H groups in total. The molecule has 1 saturated heterocycles. The number of likely N-dealkylation sites (tertiary alicyclic amines) is 1. The smallest absolute Gasteiger partial charge is 0.289 e. The van der Waals surface area contributed by atoms with E-state index in [9.17, 15) is 4.79 Å². The number of carbonyl (C=O) groups excluding carboxylic acids is 1. The van der Waals surface area contributed by atoms with Crippen LogP contribution >= 0.6 is 12.4 Å². The van der Waals surface area contributed by atoms with Crippen LogP contribution in [0.4, 0.5) is 0 Å². The van der Waals surface area contributed by atoms with Crippen LogP contribution in [0.3, 0.4) is 0 Å². The molecule has 4 nitrogen and oxygen atoms in total. The number of hydrogen-bond acceptors (Lipinski definition) is 3. The summed E-state index contributed by atoms with van der Waals surface area (Å²) in [7, 11) is 1.97. The molecular weight excluding hydrogens is 240 g/mol. The molecule has 0 bridgehead atoms. The van der Waals surface area contributed by atoms with Crippen LogP contribution in [0.15, 0.2) is 22.8 Å². The van der Waals surface area contributed by atoms with Gasteiger partial charge in [0, 0.05) is 13.1 Å². The van der Waals surface area contributed by atoms with Crippen LogP contribution < -0.4 is 5.32 Å². The summed E-state index contributed by atoms with van der Waals surface area (Å²) in [6, 6.07) is 3.48. The number of amides is 1. The number of rotatable bonds is 3. The molecule has 0 aromatic carbocycles. The highest BCUT2D eigenvalue weighted by atomic mass is 35.5. The molecule has 5 heteroatoms. The van der Waals surface area contributed by atoms with Gasteiger partial charge in [0.2, 0.25) is 0 Å². The molecule has 1 amide bonds. The number of hydrogen-bond donors (Lipinski definition) is 1. The third-order valence-corrected chi connectivity index (χ3v) is 3.13. The van der Waals surface area contributed by atoms with Crippen molar-refractivity contribution in [3.63, 3.8) is 0 Å². The number of furan rings is 1. The van der Waals surface area contributed by atoms with Crippen molar-refractivity contribution in [3.8, 4) is 0 Å². The topological polar surface area (TPSA) is 45.5 Å². The van der Waals surface area contributed by atoms with E-state index in [1.54, 1.807) is 18.4 Å². The Morgan fingerprint density at radius 1 is 1.53 bits per heavy atom. The summed E-state index contributed by atoms with van der Waals surface area (Å²) < 4.78 is 5.12. The highest BCUT2D eigenvalue weighted by Crippen LogP contribution is 2.18. The Morgan fingerprint density at radius 2 is 2.24 bits per heavy atom. The number of carbonyl (C=O) groups is 1. The predicted octanol–water partition coefficient (Wildman–Crippen LogP) is 1.77. The fourth-order valence-electron chi connectivity index (χ4n) is 2.18. The van der Waals surface area contributed by atoms with E-state index in [4.69, 9.17) is 4.42 Å². The summed E-state index contributed by atoms with van der Waals surface area (Å²) in [6.45, 7) is 2.72. The predicted molar refractivity (Wildman–Crippen MR) is 68.5 cm³/mol. The number of nitrogens with zero attached hydrogens (tertiary/aromatic N) is 1. The lowest BCUT2D eigenvalue weighted by Crippen LogP contribution is -2.40. The van der Waals surface area contributed by atoms with Gasteiger partial charge in [-0.3, -0.25) is 4.79 Å². The van der Waals surface area contributed by atoms with Gasteiger partial charge in [0.05, 0.1) is 6.26 Å². The minimum atomic E-state index is 0. The highest BCUT2D eigenvalue weighted by Gasteiger charge is 2.24. The molecule has 1 fully saturated rings. The van der Waals surface area contributed by atoms with E-state index in [2.05, 4.69) is 5.32 Å². The molecule has 2 heterocycles. The van der Waals surface area contributed by atoms with Gasteiger partial charge in [-0.1, -0.05) is 0 Å². The highest BCUT2D eigenvalue weighted by molar-refractivity contribution is 5.91. The average molecular weight is 259 g/mol. The number of halogens is 1. The van der Waals surface area contributed by atoms with Gasteiger partial charge < -0.3 is 14.6 Å². The van der Waals surface area contributed by atoms with Gasteiger partial charge in [0.1, 0.15) is 0 Å². The fourth-order valence-corrected chi connectivity index (χ4v) is 2.18. The van der Waals surface area contributed by atoms with Gasteiger partial charge in [-0.2, -0.15) is 0 Å². The Labute approximate surface area is 108 Å². The maximum absolute atomic E-state index is 11.9. The Kier molecular flexibility index (Phi) is 5.51. The quantitative estimate of drug-likeness (QED) is 0.899. The van der Waals surface area contributed by atoms with E-state index in [-0.39, 0.29) is 18.3 Å². The molecule has 1 aliphatic heterocycles. The SMILES string of the molecule is CNCC1CCN(C(=O)c2ccco2)CC1.Cl. The molecule has 0 aliphatic carbocycles. The molecule has 0 radical (unpaired) electrons. The van der Waals surface area contributed by atoms with Crippen LogP contribution in [-0.4, -0.2) is 37.5 Å². The Morgan fingerprint density at radius 3 is 2.76 bits per heavy atom. The minimum absolute atomic E-state index is 0. The molecule has 17 heavy (non-hydrogen) atoms. The molecule has 0 spiro atoms. The lowest BCUT2D eigenvalue weighted by atomic mass is 9.97. The summed E-state index contributed by atoms with van der Waals surface area (Å²) in [6.07, 6.45) is 3.70. The Bertz CT molecular complexity index is 332. The van der Waals surface area contributed by atoms with Gasteiger partial charge in [-0.15, -0.1) is 12.4 Å². The standard InChI is InChI=1S/C12H18N2O2.ClH/c1-13-9-10-4-6-14(7-5-10)12(15)11-3-2-8-16-11;/h2-3,8,10,13H,4-7,9H2,1H3;1H. The molecule has 96 valence electrons.